The Morgan fingerprint density at radius 3 is 2.71 bits per heavy atom. The van der Waals surface area contributed by atoms with Crippen LogP contribution >= 0.6 is 0 Å². The maximum absolute atomic E-state index is 10.7. The Balaban J connectivity index is 2.57. The summed E-state index contributed by atoms with van der Waals surface area (Å²) >= 11 is 0. The molecule has 0 saturated heterocycles. The predicted octanol–water partition coefficient (Wildman–Crippen LogP) is 1.98. The number of hydrogen-bond donors (Lipinski definition) is 1. The fourth-order valence-corrected chi connectivity index (χ4v) is 1.36. The molecule has 0 atom stereocenters. The first-order valence-electron chi connectivity index (χ1n) is 4.86. The van der Waals surface area contributed by atoms with Gasteiger partial charge in [-0.3, -0.25) is 4.79 Å². The summed E-state index contributed by atoms with van der Waals surface area (Å²) in [6.07, 6.45) is 0. The van der Waals surface area contributed by atoms with Crippen LogP contribution in [0.15, 0.2) is 18.2 Å². The van der Waals surface area contributed by atoms with Gasteiger partial charge in [0.1, 0.15) is 5.78 Å². The van der Waals surface area contributed by atoms with Crippen molar-refractivity contribution in [1.29, 1.82) is 0 Å². The summed E-state index contributed by atoms with van der Waals surface area (Å²) in [4.78, 5) is 10.7. The van der Waals surface area contributed by atoms with E-state index in [1.807, 2.05) is 0 Å². The second-order valence-electron chi connectivity index (χ2n) is 3.74. The van der Waals surface area contributed by atoms with E-state index < -0.39 is 0 Å². The van der Waals surface area contributed by atoms with E-state index in [0.717, 1.165) is 6.54 Å². The quantitative estimate of drug-likeness (QED) is 0.788. The first-order valence-corrected chi connectivity index (χ1v) is 4.86. The van der Waals surface area contributed by atoms with Crippen LogP contribution in [0.2, 0.25) is 0 Å². The van der Waals surface area contributed by atoms with E-state index >= 15 is 0 Å². The van der Waals surface area contributed by atoms with Crippen molar-refractivity contribution in [2.24, 2.45) is 0 Å². The lowest BCUT2D eigenvalue weighted by Crippen LogP contribution is -2.20. The number of Topliss-reactive ketones (excluding diaryl/α,β-unsaturated/α-hetero) is 1. The van der Waals surface area contributed by atoms with Crippen LogP contribution in [0.25, 0.3) is 0 Å². The lowest BCUT2D eigenvalue weighted by Gasteiger charge is -2.07. The van der Waals surface area contributed by atoms with Crippen molar-refractivity contribution in [1.82, 2.24) is 5.32 Å². The zero-order chi connectivity index (χ0) is 10.6. The molecule has 0 fully saturated rings. The van der Waals surface area contributed by atoms with E-state index in [9.17, 15) is 4.79 Å². The van der Waals surface area contributed by atoms with Crippen LogP contribution in [0.4, 0.5) is 0 Å². The molecular weight excluding hydrogens is 174 g/mol. The third kappa shape index (κ3) is 3.30. The molecule has 76 valence electrons. The normalized spacial score (nSPS) is 10.2. The second-order valence-corrected chi connectivity index (χ2v) is 3.74. The predicted molar refractivity (Wildman–Crippen MR) is 58.3 cm³/mol. The Labute approximate surface area is 85.3 Å². The third-order valence-electron chi connectivity index (χ3n) is 2.19. The van der Waals surface area contributed by atoms with Gasteiger partial charge in [0.2, 0.25) is 0 Å². The van der Waals surface area contributed by atoms with Crippen molar-refractivity contribution < 1.29 is 4.79 Å². The van der Waals surface area contributed by atoms with Gasteiger partial charge in [0.05, 0.1) is 6.54 Å². The number of aryl methyl sites for hydroxylation is 2. The summed E-state index contributed by atoms with van der Waals surface area (Å²) in [5.41, 5.74) is 3.80. The highest BCUT2D eigenvalue weighted by Crippen LogP contribution is 2.09. The van der Waals surface area contributed by atoms with Crippen molar-refractivity contribution in [2.45, 2.75) is 27.3 Å². The van der Waals surface area contributed by atoms with Crippen molar-refractivity contribution in [2.75, 3.05) is 6.54 Å². The van der Waals surface area contributed by atoms with Gasteiger partial charge in [-0.05, 0) is 31.9 Å². The molecule has 0 unspecified atom stereocenters. The van der Waals surface area contributed by atoms with Crippen LogP contribution in [-0.2, 0) is 11.3 Å². The molecule has 2 heteroatoms. The van der Waals surface area contributed by atoms with Gasteiger partial charge in [-0.15, -0.1) is 0 Å². The van der Waals surface area contributed by atoms with Crippen LogP contribution in [0, 0.1) is 13.8 Å². The first-order chi connectivity index (χ1) is 6.59. The molecule has 2 nitrogen and oxygen atoms in total. The van der Waals surface area contributed by atoms with Gasteiger partial charge in [0, 0.05) is 6.54 Å². The molecule has 0 spiro atoms. The summed E-state index contributed by atoms with van der Waals surface area (Å²) in [6, 6.07) is 6.37. The molecule has 0 radical (unpaired) electrons. The highest BCUT2D eigenvalue weighted by molar-refractivity contribution is 5.77. The van der Waals surface area contributed by atoms with E-state index in [1.165, 1.54) is 16.7 Å². The molecule has 0 aliphatic heterocycles. The molecule has 0 amide bonds. The van der Waals surface area contributed by atoms with Crippen molar-refractivity contribution >= 4 is 5.78 Å². The van der Waals surface area contributed by atoms with Gasteiger partial charge in [-0.2, -0.15) is 0 Å². The van der Waals surface area contributed by atoms with E-state index in [0.29, 0.717) is 6.54 Å². The topological polar surface area (TPSA) is 29.1 Å². The van der Waals surface area contributed by atoms with Gasteiger partial charge < -0.3 is 5.32 Å². The monoisotopic (exact) mass is 191 g/mol. The minimum Gasteiger partial charge on any atom is -0.306 e. The summed E-state index contributed by atoms with van der Waals surface area (Å²) < 4.78 is 0. The van der Waals surface area contributed by atoms with E-state index in [1.54, 1.807) is 6.92 Å². The molecule has 1 aromatic rings. The third-order valence-corrected chi connectivity index (χ3v) is 2.19. The van der Waals surface area contributed by atoms with Crippen LogP contribution in [0.5, 0.6) is 0 Å². The Morgan fingerprint density at radius 1 is 1.36 bits per heavy atom. The van der Waals surface area contributed by atoms with Crippen LogP contribution in [-0.4, -0.2) is 12.3 Å². The Hall–Kier alpha value is -1.15. The number of carbonyl (C=O) groups is 1. The zero-order valence-electron chi connectivity index (χ0n) is 9.05. The van der Waals surface area contributed by atoms with Gasteiger partial charge in [0.15, 0.2) is 0 Å². The number of rotatable bonds is 4. The highest BCUT2D eigenvalue weighted by atomic mass is 16.1. The second kappa shape index (κ2) is 4.91. The molecule has 1 aromatic carbocycles. The van der Waals surface area contributed by atoms with E-state index in [-0.39, 0.29) is 5.78 Å². The Bertz CT molecular complexity index is 331. The van der Waals surface area contributed by atoms with Crippen LogP contribution in [0.1, 0.15) is 23.6 Å². The maximum Gasteiger partial charge on any atom is 0.143 e. The summed E-state index contributed by atoms with van der Waals surface area (Å²) in [7, 11) is 0. The van der Waals surface area contributed by atoms with Gasteiger partial charge in [-0.1, -0.05) is 23.8 Å². The fraction of sp³-hybridized carbons (Fsp3) is 0.417. The molecule has 0 saturated carbocycles. The average molecular weight is 191 g/mol. The molecule has 0 aliphatic rings. The van der Waals surface area contributed by atoms with E-state index in [2.05, 4.69) is 37.4 Å². The molecule has 0 aliphatic carbocycles. The summed E-state index contributed by atoms with van der Waals surface area (Å²) in [5, 5.41) is 3.12. The SMILES string of the molecule is CC(=O)CNCc1cc(C)ccc1C. The number of hydrogen-bond acceptors (Lipinski definition) is 2. The van der Waals surface area contributed by atoms with E-state index in [4.69, 9.17) is 0 Å². The van der Waals surface area contributed by atoms with Gasteiger partial charge in [0.25, 0.3) is 0 Å². The molecule has 0 heterocycles. The number of nitrogens with one attached hydrogen (secondary N) is 1. The Kier molecular flexibility index (Phi) is 3.84. The lowest BCUT2D eigenvalue weighted by molar-refractivity contribution is -0.116. The number of benzene rings is 1. The minimum absolute atomic E-state index is 0.176. The lowest BCUT2D eigenvalue weighted by atomic mass is 10.1. The van der Waals surface area contributed by atoms with Gasteiger partial charge in [-0.25, -0.2) is 0 Å². The molecular formula is C12H17NO. The number of carbonyl (C=O) groups excluding carboxylic acids is 1. The summed E-state index contributed by atoms with van der Waals surface area (Å²) in [6.45, 7) is 6.98. The molecule has 0 bridgehead atoms. The van der Waals surface area contributed by atoms with Crippen molar-refractivity contribution in [3.8, 4) is 0 Å². The van der Waals surface area contributed by atoms with Crippen LogP contribution < -0.4 is 5.32 Å². The fourth-order valence-electron chi connectivity index (χ4n) is 1.36. The highest BCUT2D eigenvalue weighted by Gasteiger charge is 1.98. The smallest absolute Gasteiger partial charge is 0.143 e. The minimum atomic E-state index is 0.176. The molecule has 1 N–H and O–H groups in total. The maximum atomic E-state index is 10.7. The first kappa shape index (κ1) is 10.9. The van der Waals surface area contributed by atoms with Gasteiger partial charge >= 0.3 is 0 Å². The largest absolute Gasteiger partial charge is 0.306 e. The zero-order valence-corrected chi connectivity index (χ0v) is 9.05. The molecule has 1 rings (SSSR count). The van der Waals surface area contributed by atoms with Crippen molar-refractivity contribution in [3.05, 3.63) is 34.9 Å². The molecule has 0 aromatic heterocycles. The average Bonchev–Trinajstić information content (AvgIpc) is 2.10. The Morgan fingerprint density at radius 2 is 2.07 bits per heavy atom. The molecule has 14 heavy (non-hydrogen) atoms. The number of ketones is 1. The van der Waals surface area contributed by atoms with Crippen molar-refractivity contribution in [3.63, 3.8) is 0 Å². The standard InChI is InChI=1S/C12H17NO/c1-9-4-5-10(2)12(6-9)8-13-7-11(3)14/h4-6,13H,7-8H2,1-3H3. The summed E-state index contributed by atoms with van der Waals surface area (Å²) in [5.74, 6) is 0.176. The van der Waals surface area contributed by atoms with Crippen LogP contribution in [0.3, 0.4) is 0 Å².